The lowest BCUT2D eigenvalue weighted by Gasteiger charge is -2.34. The van der Waals surface area contributed by atoms with Gasteiger partial charge >= 0.3 is 0 Å². The lowest BCUT2D eigenvalue weighted by Crippen LogP contribution is -2.44. The molecule has 2 aromatic carbocycles. The van der Waals surface area contributed by atoms with Gasteiger partial charge in [-0.3, -0.25) is 4.79 Å². The first-order valence-corrected chi connectivity index (χ1v) is 9.61. The molecule has 0 saturated carbocycles. The molecule has 0 aromatic heterocycles. The minimum atomic E-state index is -0.240. The maximum absolute atomic E-state index is 12.9. The highest BCUT2D eigenvalue weighted by Crippen LogP contribution is 2.29. The molecule has 0 bridgehead atoms. The van der Waals surface area contributed by atoms with Gasteiger partial charge in [0, 0.05) is 37.4 Å². The van der Waals surface area contributed by atoms with Crippen LogP contribution < -0.4 is 15.0 Å². The summed E-state index contributed by atoms with van der Waals surface area (Å²) in [5, 5.41) is 13.0. The molecular formula is C22H29N3O3. The lowest BCUT2D eigenvalue weighted by atomic mass is 10.0. The SMILES string of the molecule is COc1ccc(C(C)NC(=O)c2cc(N3CCN(C)CC3)ccc2C)cc1O. The number of anilines is 1. The molecule has 6 heteroatoms. The number of hydrogen-bond donors (Lipinski definition) is 2. The van der Waals surface area contributed by atoms with Crippen molar-refractivity contribution in [3.8, 4) is 11.5 Å². The second-order valence-electron chi connectivity index (χ2n) is 7.42. The molecule has 0 aliphatic carbocycles. The summed E-state index contributed by atoms with van der Waals surface area (Å²) in [6, 6.07) is 11.0. The summed E-state index contributed by atoms with van der Waals surface area (Å²) in [6.07, 6.45) is 0. The topological polar surface area (TPSA) is 65.0 Å². The molecule has 0 radical (unpaired) electrons. The number of methoxy groups -OCH3 is 1. The summed E-state index contributed by atoms with van der Waals surface area (Å²) in [7, 11) is 3.64. The third-order valence-electron chi connectivity index (χ3n) is 5.38. The Morgan fingerprint density at radius 3 is 2.50 bits per heavy atom. The van der Waals surface area contributed by atoms with Crippen LogP contribution >= 0.6 is 0 Å². The Labute approximate surface area is 166 Å². The van der Waals surface area contributed by atoms with E-state index in [1.165, 1.54) is 7.11 Å². The molecule has 1 saturated heterocycles. The van der Waals surface area contributed by atoms with Crippen LogP contribution in [0.15, 0.2) is 36.4 Å². The van der Waals surface area contributed by atoms with Crippen LogP contribution in [0.3, 0.4) is 0 Å². The van der Waals surface area contributed by atoms with Crippen molar-refractivity contribution in [3.63, 3.8) is 0 Å². The maximum atomic E-state index is 12.9. The molecule has 1 fully saturated rings. The van der Waals surface area contributed by atoms with E-state index in [-0.39, 0.29) is 17.7 Å². The van der Waals surface area contributed by atoms with E-state index >= 15 is 0 Å². The first-order chi connectivity index (χ1) is 13.4. The van der Waals surface area contributed by atoms with Gasteiger partial charge in [-0.05, 0) is 56.3 Å². The molecule has 2 aromatic rings. The number of nitrogens with one attached hydrogen (secondary N) is 1. The van der Waals surface area contributed by atoms with E-state index in [2.05, 4.69) is 28.2 Å². The molecule has 1 amide bonds. The highest BCUT2D eigenvalue weighted by atomic mass is 16.5. The van der Waals surface area contributed by atoms with Crippen molar-refractivity contribution in [3.05, 3.63) is 53.1 Å². The number of amides is 1. The third kappa shape index (κ3) is 4.39. The maximum Gasteiger partial charge on any atom is 0.252 e. The van der Waals surface area contributed by atoms with Crippen LogP contribution in [0.25, 0.3) is 0 Å². The fraction of sp³-hybridized carbons (Fsp3) is 0.409. The van der Waals surface area contributed by atoms with Crippen molar-refractivity contribution in [2.75, 3.05) is 45.2 Å². The minimum Gasteiger partial charge on any atom is -0.504 e. The number of benzene rings is 2. The van der Waals surface area contributed by atoms with Crippen LogP contribution in [0.2, 0.25) is 0 Å². The number of hydrogen-bond acceptors (Lipinski definition) is 5. The lowest BCUT2D eigenvalue weighted by molar-refractivity contribution is 0.0939. The van der Waals surface area contributed by atoms with E-state index in [1.807, 2.05) is 32.0 Å². The van der Waals surface area contributed by atoms with Gasteiger partial charge in [0.05, 0.1) is 13.2 Å². The average Bonchev–Trinajstić information content (AvgIpc) is 2.68. The number of nitrogens with zero attached hydrogens (tertiary/aromatic N) is 2. The van der Waals surface area contributed by atoms with Crippen LogP contribution in [0.1, 0.15) is 34.5 Å². The van der Waals surface area contributed by atoms with Crippen molar-refractivity contribution in [1.82, 2.24) is 10.2 Å². The Hall–Kier alpha value is -2.73. The van der Waals surface area contributed by atoms with Gasteiger partial charge in [0.1, 0.15) is 0 Å². The van der Waals surface area contributed by atoms with Crippen LogP contribution in [0.4, 0.5) is 5.69 Å². The Balaban J connectivity index is 1.74. The van der Waals surface area contributed by atoms with Crippen molar-refractivity contribution >= 4 is 11.6 Å². The molecule has 3 rings (SSSR count). The molecule has 1 unspecified atom stereocenters. The van der Waals surface area contributed by atoms with Gasteiger partial charge < -0.3 is 25.0 Å². The Bertz CT molecular complexity index is 845. The molecule has 28 heavy (non-hydrogen) atoms. The summed E-state index contributed by atoms with van der Waals surface area (Å²) in [6.45, 7) is 7.82. The van der Waals surface area contributed by atoms with Crippen LogP contribution in [-0.4, -0.2) is 56.3 Å². The van der Waals surface area contributed by atoms with Crippen molar-refractivity contribution < 1.29 is 14.6 Å². The molecule has 150 valence electrons. The fourth-order valence-corrected chi connectivity index (χ4v) is 3.45. The van der Waals surface area contributed by atoms with Gasteiger partial charge in [-0.2, -0.15) is 0 Å². The first kappa shape index (κ1) is 20.0. The first-order valence-electron chi connectivity index (χ1n) is 9.61. The number of ether oxygens (including phenoxy) is 1. The summed E-state index contributed by atoms with van der Waals surface area (Å²) < 4.78 is 5.08. The zero-order chi connectivity index (χ0) is 20.3. The predicted octanol–water partition coefficient (Wildman–Crippen LogP) is 2.95. The monoisotopic (exact) mass is 383 g/mol. The number of phenols is 1. The van der Waals surface area contributed by atoms with E-state index in [9.17, 15) is 9.90 Å². The van der Waals surface area contributed by atoms with Gasteiger partial charge in [0.15, 0.2) is 11.5 Å². The molecule has 0 spiro atoms. The van der Waals surface area contributed by atoms with E-state index < -0.39 is 0 Å². The molecule has 1 heterocycles. The minimum absolute atomic E-state index is 0.0642. The Morgan fingerprint density at radius 1 is 1.14 bits per heavy atom. The number of carbonyl (C=O) groups is 1. The summed E-state index contributed by atoms with van der Waals surface area (Å²) in [5.41, 5.74) is 3.53. The smallest absolute Gasteiger partial charge is 0.252 e. The van der Waals surface area contributed by atoms with Crippen LogP contribution in [0.5, 0.6) is 11.5 Å². The predicted molar refractivity (Wildman–Crippen MR) is 111 cm³/mol. The molecule has 1 aliphatic rings. The van der Waals surface area contributed by atoms with E-state index in [4.69, 9.17) is 4.74 Å². The fourth-order valence-electron chi connectivity index (χ4n) is 3.45. The third-order valence-corrected chi connectivity index (χ3v) is 5.38. The van der Waals surface area contributed by atoms with Gasteiger partial charge in [-0.15, -0.1) is 0 Å². The summed E-state index contributed by atoms with van der Waals surface area (Å²) >= 11 is 0. The molecule has 6 nitrogen and oxygen atoms in total. The molecule has 2 N–H and O–H groups in total. The van der Waals surface area contributed by atoms with Crippen LogP contribution in [0, 0.1) is 6.92 Å². The van der Waals surface area contributed by atoms with Crippen molar-refractivity contribution in [2.45, 2.75) is 19.9 Å². The Morgan fingerprint density at radius 2 is 1.86 bits per heavy atom. The number of rotatable bonds is 5. The molecule has 1 atom stereocenters. The van der Waals surface area contributed by atoms with Gasteiger partial charge in [-0.25, -0.2) is 0 Å². The largest absolute Gasteiger partial charge is 0.504 e. The average molecular weight is 383 g/mol. The van der Waals surface area contributed by atoms with E-state index in [0.717, 1.165) is 43.0 Å². The van der Waals surface area contributed by atoms with Crippen molar-refractivity contribution in [1.29, 1.82) is 0 Å². The number of likely N-dealkylation sites (N-methyl/N-ethyl adjacent to an activating group) is 1. The number of phenolic OH excluding ortho intramolecular Hbond substituents is 1. The van der Waals surface area contributed by atoms with Crippen molar-refractivity contribution in [2.24, 2.45) is 0 Å². The zero-order valence-corrected chi connectivity index (χ0v) is 17.0. The number of aryl methyl sites for hydroxylation is 1. The second kappa shape index (κ2) is 8.52. The number of aromatic hydroxyl groups is 1. The number of piperazine rings is 1. The van der Waals surface area contributed by atoms with Gasteiger partial charge in [-0.1, -0.05) is 12.1 Å². The van der Waals surface area contributed by atoms with Gasteiger partial charge in [0.2, 0.25) is 0 Å². The van der Waals surface area contributed by atoms with E-state index in [0.29, 0.717) is 11.3 Å². The standard InChI is InChI=1S/C22H29N3O3/c1-15-5-7-18(25-11-9-24(3)10-12-25)14-19(15)22(27)23-16(2)17-6-8-21(28-4)20(26)13-17/h5-8,13-14,16,26H,9-12H2,1-4H3,(H,23,27). The quantitative estimate of drug-likeness (QED) is 0.831. The van der Waals surface area contributed by atoms with E-state index in [1.54, 1.807) is 12.1 Å². The second-order valence-corrected chi connectivity index (χ2v) is 7.42. The molecule has 1 aliphatic heterocycles. The summed E-state index contributed by atoms with van der Waals surface area (Å²) in [5.74, 6) is 0.364. The summed E-state index contributed by atoms with van der Waals surface area (Å²) in [4.78, 5) is 17.5. The highest BCUT2D eigenvalue weighted by Gasteiger charge is 2.19. The zero-order valence-electron chi connectivity index (χ0n) is 17.0. The highest BCUT2D eigenvalue weighted by molar-refractivity contribution is 5.96. The Kier molecular flexibility index (Phi) is 6.09. The molecular weight excluding hydrogens is 354 g/mol. The van der Waals surface area contributed by atoms with Crippen LogP contribution in [-0.2, 0) is 0 Å². The number of carbonyl (C=O) groups excluding carboxylic acids is 1. The normalized spacial score (nSPS) is 15.9. The van der Waals surface area contributed by atoms with Gasteiger partial charge in [0.25, 0.3) is 5.91 Å².